The molecule has 1 amide bonds. The van der Waals surface area contributed by atoms with Gasteiger partial charge in [0.2, 0.25) is 0 Å². The van der Waals surface area contributed by atoms with E-state index in [0.717, 1.165) is 0 Å². The number of hydrogen-bond donors (Lipinski definition) is 1. The predicted molar refractivity (Wildman–Crippen MR) is 73.8 cm³/mol. The van der Waals surface area contributed by atoms with Crippen LogP contribution in [0.15, 0.2) is 18.3 Å². The number of halogens is 1. The molecule has 1 aliphatic heterocycles. The summed E-state index contributed by atoms with van der Waals surface area (Å²) in [5.41, 5.74) is 0.383. The van der Waals surface area contributed by atoms with Crippen molar-refractivity contribution in [3.63, 3.8) is 0 Å². The van der Waals surface area contributed by atoms with Crippen LogP contribution < -0.4 is 0 Å². The van der Waals surface area contributed by atoms with Gasteiger partial charge >= 0.3 is 5.97 Å². The van der Waals surface area contributed by atoms with Crippen LogP contribution in [0.5, 0.6) is 0 Å². The lowest BCUT2D eigenvalue weighted by Gasteiger charge is -2.34. The van der Waals surface area contributed by atoms with Crippen LogP contribution in [-0.4, -0.2) is 64.5 Å². The highest BCUT2D eigenvalue weighted by molar-refractivity contribution is 6.30. The molecule has 1 fully saturated rings. The Morgan fingerprint density at radius 3 is 2.50 bits per heavy atom. The second-order valence-corrected chi connectivity index (χ2v) is 5.08. The van der Waals surface area contributed by atoms with E-state index in [1.807, 2.05) is 4.90 Å². The molecule has 0 bridgehead atoms. The Bertz CT molecular complexity index is 484. The molecule has 20 heavy (non-hydrogen) atoms. The monoisotopic (exact) mass is 297 g/mol. The molecule has 0 aliphatic carbocycles. The summed E-state index contributed by atoms with van der Waals surface area (Å²) in [5, 5.41) is 9.15. The number of rotatable bonds is 4. The standard InChI is InChI=1S/C13H16ClN3O3/c14-10-1-2-11(15-9-10)13(20)17-7-5-16(6-8-17)4-3-12(18)19/h1-2,9H,3-8H2,(H,18,19). The van der Waals surface area contributed by atoms with Crippen LogP contribution in [0.1, 0.15) is 16.9 Å². The summed E-state index contributed by atoms with van der Waals surface area (Å²) in [6.07, 6.45) is 1.59. The number of aliphatic carboxylic acids is 1. The van der Waals surface area contributed by atoms with Crippen molar-refractivity contribution < 1.29 is 14.7 Å². The summed E-state index contributed by atoms with van der Waals surface area (Å²) in [6.45, 7) is 3.07. The molecule has 0 saturated carbocycles. The van der Waals surface area contributed by atoms with E-state index >= 15 is 0 Å². The fourth-order valence-electron chi connectivity index (χ4n) is 2.09. The van der Waals surface area contributed by atoms with E-state index in [4.69, 9.17) is 16.7 Å². The fourth-order valence-corrected chi connectivity index (χ4v) is 2.20. The maximum absolute atomic E-state index is 12.2. The molecule has 0 spiro atoms. The molecular weight excluding hydrogens is 282 g/mol. The van der Waals surface area contributed by atoms with Crippen LogP contribution in [0.25, 0.3) is 0 Å². The first-order valence-electron chi connectivity index (χ1n) is 6.41. The topological polar surface area (TPSA) is 73.7 Å². The molecule has 2 rings (SSSR count). The summed E-state index contributed by atoms with van der Waals surface area (Å²) in [6, 6.07) is 3.26. The van der Waals surface area contributed by atoms with Gasteiger partial charge in [-0.25, -0.2) is 4.98 Å². The Hall–Kier alpha value is -1.66. The van der Waals surface area contributed by atoms with E-state index in [-0.39, 0.29) is 12.3 Å². The first-order valence-corrected chi connectivity index (χ1v) is 6.79. The lowest BCUT2D eigenvalue weighted by atomic mass is 10.2. The van der Waals surface area contributed by atoms with E-state index < -0.39 is 5.97 Å². The highest BCUT2D eigenvalue weighted by Crippen LogP contribution is 2.10. The summed E-state index contributed by atoms with van der Waals surface area (Å²) < 4.78 is 0. The molecular formula is C13H16ClN3O3. The molecule has 1 saturated heterocycles. The van der Waals surface area contributed by atoms with Crippen molar-refractivity contribution in [3.8, 4) is 0 Å². The Labute approximate surface area is 122 Å². The SMILES string of the molecule is O=C(O)CCN1CCN(C(=O)c2ccc(Cl)cn2)CC1. The van der Waals surface area contributed by atoms with Crippen molar-refractivity contribution in [1.82, 2.24) is 14.8 Å². The summed E-state index contributed by atoms with van der Waals surface area (Å²) in [5.74, 6) is -0.909. The molecule has 1 aromatic rings. The number of pyridine rings is 1. The largest absolute Gasteiger partial charge is 0.481 e. The predicted octanol–water partition coefficient (Wildman–Crippen LogP) is 0.967. The van der Waals surface area contributed by atoms with E-state index in [9.17, 15) is 9.59 Å². The number of piperazine rings is 1. The number of amides is 1. The van der Waals surface area contributed by atoms with Crippen LogP contribution >= 0.6 is 11.6 Å². The molecule has 1 N–H and O–H groups in total. The van der Waals surface area contributed by atoms with E-state index in [1.54, 1.807) is 17.0 Å². The molecule has 0 aromatic carbocycles. The van der Waals surface area contributed by atoms with Crippen LogP contribution in [0.4, 0.5) is 0 Å². The molecule has 0 unspecified atom stereocenters. The zero-order valence-corrected chi connectivity index (χ0v) is 11.7. The minimum atomic E-state index is -0.797. The molecule has 108 valence electrons. The van der Waals surface area contributed by atoms with Gasteiger partial charge in [0, 0.05) is 38.9 Å². The summed E-state index contributed by atoms with van der Waals surface area (Å²) in [7, 11) is 0. The van der Waals surface area contributed by atoms with Gasteiger partial charge in [0.1, 0.15) is 5.69 Å². The van der Waals surface area contributed by atoms with Crippen LogP contribution in [0.3, 0.4) is 0 Å². The molecule has 7 heteroatoms. The summed E-state index contributed by atoms with van der Waals surface area (Å²) >= 11 is 5.74. The number of aromatic nitrogens is 1. The van der Waals surface area contributed by atoms with Crippen LogP contribution in [0.2, 0.25) is 5.02 Å². The zero-order valence-electron chi connectivity index (χ0n) is 11.0. The smallest absolute Gasteiger partial charge is 0.304 e. The van der Waals surface area contributed by atoms with Crippen molar-refractivity contribution >= 4 is 23.5 Å². The Morgan fingerprint density at radius 1 is 1.25 bits per heavy atom. The van der Waals surface area contributed by atoms with Gasteiger partial charge in [-0.1, -0.05) is 11.6 Å². The third-order valence-corrected chi connectivity index (χ3v) is 3.47. The number of nitrogens with zero attached hydrogens (tertiary/aromatic N) is 3. The first kappa shape index (κ1) is 14.7. The quantitative estimate of drug-likeness (QED) is 0.896. The normalized spacial score (nSPS) is 16.1. The number of carboxylic acid groups (broad SMARTS) is 1. The Morgan fingerprint density at radius 2 is 1.95 bits per heavy atom. The van der Waals surface area contributed by atoms with E-state index in [1.165, 1.54) is 6.20 Å². The molecule has 0 radical (unpaired) electrons. The van der Waals surface area contributed by atoms with Gasteiger partial charge in [0.05, 0.1) is 11.4 Å². The van der Waals surface area contributed by atoms with Gasteiger partial charge in [0.25, 0.3) is 5.91 Å². The van der Waals surface area contributed by atoms with Crippen molar-refractivity contribution in [2.45, 2.75) is 6.42 Å². The first-order chi connectivity index (χ1) is 9.56. The molecule has 2 heterocycles. The number of carbonyl (C=O) groups excluding carboxylic acids is 1. The summed E-state index contributed by atoms with van der Waals surface area (Å²) in [4.78, 5) is 30.5. The third kappa shape index (κ3) is 3.91. The molecule has 0 atom stereocenters. The van der Waals surface area contributed by atoms with E-state index in [2.05, 4.69) is 4.98 Å². The second-order valence-electron chi connectivity index (χ2n) is 4.64. The number of hydrogen-bond acceptors (Lipinski definition) is 4. The lowest BCUT2D eigenvalue weighted by Crippen LogP contribution is -2.49. The Balaban J connectivity index is 1.85. The third-order valence-electron chi connectivity index (χ3n) is 3.25. The lowest BCUT2D eigenvalue weighted by molar-refractivity contribution is -0.137. The second kappa shape index (κ2) is 6.67. The van der Waals surface area contributed by atoms with Crippen LogP contribution in [-0.2, 0) is 4.79 Å². The minimum Gasteiger partial charge on any atom is -0.481 e. The Kier molecular flexibility index (Phi) is 4.92. The van der Waals surface area contributed by atoms with Crippen molar-refractivity contribution in [3.05, 3.63) is 29.0 Å². The fraction of sp³-hybridized carbons (Fsp3) is 0.462. The van der Waals surface area contributed by atoms with Crippen molar-refractivity contribution in [1.29, 1.82) is 0 Å². The molecule has 1 aromatic heterocycles. The van der Waals surface area contributed by atoms with Gasteiger partial charge in [-0.3, -0.25) is 14.5 Å². The van der Waals surface area contributed by atoms with E-state index in [0.29, 0.717) is 43.4 Å². The van der Waals surface area contributed by atoms with Crippen LogP contribution in [0, 0.1) is 0 Å². The zero-order chi connectivity index (χ0) is 14.5. The highest BCUT2D eigenvalue weighted by atomic mass is 35.5. The van der Waals surface area contributed by atoms with Gasteiger partial charge in [0.15, 0.2) is 0 Å². The maximum atomic E-state index is 12.2. The van der Waals surface area contributed by atoms with Gasteiger partial charge in [-0.2, -0.15) is 0 Å². The number of carbonyl (C=O) groups is 2. The van der Waals surface area contributed by atoms with Gasteiger partial charge in [-0.05, 0) is 12.1 Å². The highest BCUT2D eigenvalue weighted by Gasteiger charge is 2.22. The van der Waals surface area contributed by atoms with Crippen molar-refractivity contribution in [2.24, 2.45) is 0 Å². The molecule has 6 nitrogen and oxygen atoms in total. The average Bonchev–Trinajstić information content (AvgIpc) is 2.46. The molecule has 1 aliphatic rings. The van der Waals surface area contributed by atoms with Gasteiger partial charge < -0.3 is 10.0 Å². The minimum absolute atomic E-state index is 0.112. The number of carboxylic acids is 1. The maximum Gasteiger partial charge on any atom is 0.304 e. The van der Waals surface area contributed by atoms with Crippen molar-refractivity contribution in [2.75, 3.05) is 32.7 Å². The van der Waals surface area contributed by atoms with Gasteiger partial charge in [-0.15, -0.1) is 0 Å². The average molecular weight is 298 g/mol.